The van der Waals surface area contributed by atoms with Gasteiger partial charge in [-0.1, -0.05) is 6.08 Å². The summed E-state index contributed by atoms with van der Waals surface area (Å²) < 4.78 is 66.3. The molecule has 2 aliphatic heterocycles. The van der Waals surface area contributed by atoms with Crippen molar-refractivity contribution >= 4 is 22.3 Å². The van der Waals surface area contributed by atoms with Gasteiger partial charge in [0.25, 0.3) is 5.92 Å². The molecule has 2 aromatic rings. The van der Waals surface area contributed by atoms with E-state index in [4.69, 9.17) is 0 Å². The second kappa shape index (κ2) is 4.92. The summed E-state index contributed by atoms with van der Waals surface area (Å²) in [6.45, 7) is -0.173. The Morgan fingerprint density at radius 2 is 1.96 bits per heavy atom. The van der Waals surface area contributed by atoms with Crippen LogP contribution in [0, 0.1) is 0 Å². The average molecular weight is 344 g/mol. The number of halogens is 5. The second-order valence-corrected chi connectivity index (χ2v) is 6.04. The molecule has 4 nitrogen and oxygen atoms in total. The summed E-state index contributed by atoms with van der Waals surface area (Å²) in [5.74, 6) is -2.96. The molecule has 0 aromatic carbocycles. The lowest BCUT2D eigenvalue weighted by atomic mass is 10.0. The highest BCUT2D eigenvalue weighted by atomic mass is 19.4. The molecule has 4 heterocycles. The van der Waals surface area contributed by atoms with E-state index in [-0.39, 0.29) is 16.7 Å². The zero-order valence-corrected chi connectivity index (χ0v) is 12.3. The van der Waals surface area contributed by atoms with Gasteiger partial charge in [-0.2, -0.15) is 13.2 Å². The van der Waals surface area contributed by atoms with Crippen LogP contribution < -0.4 is 10.2 Å². The average Bonchev–Trinajstić information content (AvgIpc) is 3.10. The van der Waals surface area contributed by atoms with Crippen LogP contribution in [0.15, 0.2) is 18.3 Å². The lowest BCUT2D eigenvalue weighted by Crippen LogP contribution is -2.56. The Labute approximate surface area is 133 Å². The van der Waals surface area contributed by atoms with Crippen LogP contribution in [0.5, 0.6) is 0 Å². The number of aromatic nitrogens is 2. The van der Waals surface area contributed by atoms with Crippen molar-refractivity contribution in [2.24, 2.45) is 0 Å². The smallest absolute Gasteiger partial charge is 0.358 e. The van der Waals surface area contributed by atoms with Crippen molar-refractivity contribution in [2.75, 3.05) is 31.1 Å². The van der Waals surface area contributed by atoms with Crippen molar-refractivity contribution in [3.05, 3.63) is 29.6 Å². The molecule has 0 spiro atoms. The molecule has 1 saturated heterocycles. The third kappa shape index (κ3) is 2.43. The fraction of sp³-hybridized carbons (Fsp3) is 0.400. The minimum Gasteiger partial charge on any atom is -0.358 e. The van der Waals surface area contributed by atoms with Crippen molar-refractivity contribution in [3.8, 4) is 0 Å². The largest absolute Gasteiger partial charge is 0.419 e. The van der Waals surface area contributed by atoms with Gasteiger partial charge in [0.1, 0.15) is 5.65 Å². The number of pyridine rings is 1. The van der Waals surface area contributed by atoms with Gasteiger partial charge in [-0.25, -0.2) is 13.8 Å². The van der Waals surface area contributed by atoms with Gasteiger partial charge in [0.2, 0.25) is 0 Å². The van der Waals surface area contributed by atoms with Gasteiger partial charge < -0.3 is 15.2 Å². The number of hydrogen-bond donors (Lipinski definition) is 2. The first-order chi connectivity index (χ1) is 11.2. The SMILES string of the molecule is FC1(F)CN(c2c(C(F)(F)F)cnc3[nH]c(C4=CCNC4)cc23)C1. The first kappa shape index (κ1) is 15.4. The molecular formula is C15H13F5N4. The quantitative estimate of drug-likeness (QED) is 0.823. The first-order valence-electron chi connectivity index (χ1n) is 7.36. The highest BCUT2D eigenvalue weighted by Gasteiger charge is 2.47. The van der Waals surface area contributed by atoms with Crippen molar-refractivity contribution in [3.63, 3.8) is 0 Å². The highest BCUT2D eigenvalue weighted by molar-refractivity contribution is 5.95. The van der Waals surface area contributed by atoms with Crippen LogP contribution in [0.3, 0.4) is 0 Å². The fourth-order valence-electron chi connectivity index (χ4n) is 3.13. The third-order valence-electron chi connectivity index (χ3n) is 4.25. The highest BCUT2D eigenvalue weighted by Crippen LogP contribution is 2.44. The lowest BCUT2D eigenvalue weighted by molar-refractivity contribution is -0.137. The predicted molar refractivity (Wildman–Crippen MR) is 79.1 cm³/mol. The maximum atomic E-state index is 13.3. The van der Waals surface area contributed by atoms with Crippen LogP contribution in [0.1, 0.15) is 11.3 Å². The Balaban J connectivity index is 1.87. The molecule has 0 unspecified atom stereocenters. The van der Waals surface area contributed by atoms with Crippen LogP contribution in [-0.2, 0) is 6.18 Å². The normalized spacial score (nSPS) is 20.4. The summed E-state index contributed by atoms with van der Waals surface area (Å²) in [5.41, 5.74) is 0.606. The molecule has 0 atom stereocenters. The third-order valence-corrected chi connectivity index (χ3v) is 4.25. The molecule has 1 fully saturated rings. The minimum absolute atomic E-state index is 0.211. The van der Waals surface area contributed by atoms with Crippen LogP contribution in [0.25, 0.3) is 16.6 Å². The van der Waals surface area contributed by atoms with Gasteiger partial charge in [-0.3, -0.25) is 0 Å². The molecule has 0 radical (unpaired) electrons. The molecule has 4 rings (SSSR count). The standard InChI is InChI=1S/C15H13F5N4/c16-14(17)6-24(7-14)12-9-3-11(8-1-2-21-4-8)23-13(9)22-5-10(12)15(18,19)20/h1,3,5,21H,2,4,6-7H2,(H,22,23). The zero-order chi connectivity index (χ0) is 17.1. The van der Waals surface area contributed by atoms with Gasteiger partial charge in [-0.05, 0) is 11.6 Å². The summed E-state index contributed by atoms with van der Waals surface area (Å²) in [6, 6.07) is 1.56. The van der Waals surface area contributed by atoms with E-state index in [1.807, 2.05) is 6.08 Å². The molecule has 2 aromatic heterocycles. The van der Waals surface area contributed by atoms with E-state index in [2.05, 4.69) is 15.3 Å². The van der Waals surface area contributed by atoms with E-state index in [1.54, 1.807) is 6.07 Å². The van der Waals surface area contributed by atoms with E-state index in [9.17, 15) is 22.0 Å². The number of alkyl halides is 5. The molecule has 9 heteroatoms. The first-order valence-corrected chi connectivity index (χ1v) is 7.36. The maximum absolute atomic E-state index is 13.3. The van der Waals surface area contributed by atoms with Gasteiger partial charge in [0.15, 0.2) is 0 Å². The summed E-state index contributed by atoms with van der Waals surface area (Å²) in [5, 5.41) is 3.31. The van der Waals surface area contributed by atoms with E-state index in [0.29, 0.717) is 25.0 Å². The number of rotatable bonds is 2. The molecule has 2 aliphatic rings. The fourth-order valence-corrected chi connectivity index (χ4v) is 3.13. The molecule has 0 bridgehead atoms. The molecule has 0 amide bonds. The number of nitrogens with one attached hydrogen (secondary N) is 2. The summed E-state index contributed by atoms with van der Waals surface area (Å²) >= 11 is 0. The lowest BCUT2D eigenvalue weighted by Gasteiger charge is -2.41. The number of anilines is 1. The number of H-pyrrole nitrogens is 1. The van der Waals surface area contributed by atoms with Gasteiger partial charge >= 0.3 is 6.18 Å². The van der Waals surface area contributed by atoms with Crippen molar-refractivity contribution < 1.29 is 22.0 Å². The van der Waals surface area contributed by atoms with Gasteiger partial charge in [-0.15, -0.1) is 0 Å². The predicted octanol–water partition coefficient (Wildman–Crippen LogP) is 3.02. The van der Waals surface area contributed by atoms with E-state index < -0.39 is 30.8 Å². The zero-order valence-electron chi connectivity index (χ0n) is 12.3. The monoisotopic (exact) mass is 344 g/mol. The number of aromatic amines is 1. The summed E-state index contributed by atoms with van der Waals surface area (Å²) in [6.07, 6.45) is -2.03. The molecule has 0 saturated carbocycles. The Kier molecular flexibility index (Phi) is 3.15. The Bertz CT molecular complexity index is 828. The van der Waals surface area contributed by atoms with E-state index in [1.165, 1.54) is 0 Å². The van der Waals surface area contributed by atoms with Crippen LogP contribution in [0.2, 0.25) is 0 Å². The maximum Gasteiger partial charge on any atom is 0.419 e. The molecular weight excluding hydrogens is 331 g/mol. The Morgan fingerprint density at radius 3 is 2.54 bits per heavy atom. The Hall–Kier alpha value is -2.16. The van der Waals surface area contributed by atoms with Crippen molar-refractivity contribution in [1.82, 2.24) is 15.3 Å². The Morgan fingerprint density at radius 1 is 1.21 bits per heavy atom. The van der Waals surface area contributed by atoms with Crippen molar-refractivity contribution in [2.45, 2.75) is 12.1 Å². The molecule has 2 N–H and O–H groups in total. The minimum atomic E-state index is -4.66. The van der Waals surface area contributed by atoms with Crippen LogP contribution >= 0.6 is 0 Å². The topological polar surface area (TPSA) is 44.0 Å². The van der Waals surface area contributed by atoms with E-state index in [0.717, 1.165) is 10.5 Å². The number of hydrogen-bond acceptors (Lipinski definition) is 3. The van der Waals surface area contributed by atoms with Crippen LogP contribution in [-0.4, -0.2) is 42.1 Å². The molecule has 0 aliphatic carbocycles. The van der Waals surface area contributed by atoms with Crippen molar-refractivity contribution in [1.29, 1.82) is 0 Å². The van der Waals surface area contributed by atoms with E-state index >= 15 is 0 Å². The van der Waals surface area contributed by atoms with Crippen LogP contribution in [0.4, 0.5) is 27.6 Å². The molecule has 24 heavy (non-hydrogen) atoms. The van der Waals surface area contributed by atoms with Gasteiger partial charge in [0.05, 0.1) is 24.3 Å². The second-order valence-electron chi connectivity index (χ2n) is 6.04. The number of nitrogens with zero attached hydrogens (tertiary/aromatic N) is 2. The molecule has 128 valence electrons. The summed E-state index contributed by atoms with van der Waals surface area (Å²) in [7, 11) is 0. The summed E-state index contributed by atoms with van der Waals surface area (Å²) in [4.78, 5) is 7.88. The number of fused-ring (bicyclic) bond motifs is 1. The van der Waals surface area contributed by atoms with Gasteiger partial charge in [0, 0.05) is 30.4 Å².